The molecule has 0 aromatic heterocycles. The van der Waals surface area contributed by atoms with E-state index in [2.05, 4.69) is 27.9 Å². The number of carboxylic acids is 1. The molecule has 0 saturated heterocycles. The molecule has 0 heterocycles. The third-order valence-corrected chi connectivity index (χ3v) is 3.66. The highest BCUT2D eigenvalue weighted by Crippen LogP contribution is 2.20. The number of carbonyl (C=O) groups excluding carboxylic acids is 1. The van der Waals surface area contributed by atoms with Crippen molar-refractivity contribution in [2.45, 2.75) is 25.7 Å². The second kappa shape index (κ2) is 8.91. The number of phenolic OH excluding ortho intramolecular Hbond substituents is 1. The zero-order chi connectivity index (χ0) is 15.0. The molecule has 0 spiro atoms. The van der Waals surface area contributed by atoms with Gasteiger partial charge in [0.1, 0.15) is 11.5 Å². The highest BCUT2D eigenvalue weighted by molar-refractivity contribution is 14.1. The quantitative estimate of drug-likeness (QED) is 0.443. The van der Waals surface area contributed by atoms with Gasteiger partial charge in [-0.1, -0.05) is 6.07 Å². The van der Waals surface area contributed by atoms with E-state index in [1.54, 1.807) is 6.07 Å². The van der Waals surface area contributed by atoms with Crippen LogP contribution in [-0.4, -0.2) is 35.1 Å². The van der Waals surface area contributed by atoms with Crippen molar-refractivity contribution in [3.63, 3.8) is 0 Å². The van der Waals surface area contributed by atoms with E-state index >= 15 is 0 Å². The number of phenols is 1. The third-order valence-electron chi connectivity index (χ3n) is 2.80. The highest BCUT2D eigenvalue weighted by atomic mass is 127. The number of ketones is 1. The first-order valence-electron chi connectivity index (χ1n) is 6.40. The van der Waals surface area contributed by atoms with Gasteiger partial charge in [0.05, 0.1) is 9.99 Å². The Morgan fingerprint density at radius 3 is 2.55 bits per heavy atom. The van der Waals surface area contributed by atoms with E-state index in [4.69, 9.17) is 5.11 Å². The molecule has 0 unspecified atom stereocenters. The lowest BCUT2D eigenvalue weighted by Crippen LogP contribution is -2.21. The van der Waals surface area contributed by atoms with E-state index in [9.17, 15) is 14.7 Å². The first kappa shape index (κ1) is 16.9. The molecule has 110 valence electrons. The number of hydrogen-bond donors (Lipinski definition) is 3. The largest absolute Gasteiger partial charge is 0.507 e. The maximum atomic E-state index is 11.3. The molecule has 1 aromatic carbocycles. The molecule has 1 aromatic rings. The van der Waals surface area contributed by atoms with E-state index < -0.39 is 5.97 Å². The Kier molecular flexibility index (Phi) is 7.53. The Hall–Kier alpha value is -1.15. The van der Waals surface area contributed by atoms with Gasteiger partial charge in [-0.25, -0.2) is 0 Å². The molecule has 0 aliphatic rings. The van der Waals surface area contributed by atoms with Crippen LogP contribution in [0.2, 0.25) is 0 Å². The Morgan fingerprint density at radius 2 is 1.90 bits per heavy atom. The van der Waals surface area contributed by atoms with Gasteiger partial charge in [-0.3, -0.25) is 9.59 Å². The smallest absolute Gasteiger partial charge is 0.303 e. The van der Waals surface area contributed by atoms with Crippen LogP contribution in [0.3, 0.4) is 0 Å². The van der Waals surface area contributed by atoms with Crippen LogP contribution in [0, 0.1) is 3.57 Å². The van der Waals surface area contributed by atoms with E-state index in [0.29, 0.717) is 13.0 Å². The molecule has 0 aliphatic heterocycles. The van der Waals surface area contributed by atoms with Gasteiger partial charge in [-0.15, -0.1) is 0 Å². The number of hydrogen-bond acceptors (Lipinski definition) is 4. The summed E-state index contributed by atoms with van der Waals surface area (Å²) in [5, 5.41) is 21.0. The van der Waals surface area contributed by atoms with Crippen LogP contribution in [0.4, 0.5) is 0 Å². The van der Waals surface area contributed by atoms with Crippen LogP contribution in [0.5, 0.6) is 5.75 Å². The highest BCUT2D eigenvalue weighted by Gasteiger charge is 2.05. The zero-order valence-electron chi connectivity index (χ0n) is 11.1. The van der Waals surface area contributed by atoms with Crippen molar-refractivity contribution in [2.24, 2.45) is 0 Å². The summed E-state index contributed by atoms with van der Waals surface area (Å²) in [6.45, 7) is 1.31. The number of Topliss-reactive ketones (excluding diaryl/α,β-unsaturated/α-hetero) is 1. The SMILES string of the molecule is O=C(O)CCC(=O)CCNCCc1ccc(O)c(I)c1. The maximum absolute atomic E-state index is 11.3. The lowest BCUT2D eigenvalue weighted by Gasteiger charge is -2.05. The standard InChI is InChI=1S/C14H18INO4/c15-12-9-10(1-3-13(12)18)5-7-16-8-6-11(17)2-4-14(19)20/h1,3,9,16,18H,2,4-8H2,(H,19,20). The van der Waals surface area contributed by atoms with Crippen molar-refractivity contribution in [3.8, 4) is 5.75 Å². The third kappa shape index (κ3) is 6.85. The molecular weight excluding hydrogens is 373 g/mol. The monoisotopic (exact) mass is 391 g/mol. The molecule has 0 saturated carbocycles. The normalized spacial score (nSPS) is 10.4. The number of aromatic hydroxyl groups is 1. The summed E-state index contributed by atoms with van der Waals surface area (Å²) < 4.78 is 0.823. The maximum Gasteiger partial charge on any atom is 0.303 e. The first-order valence-corrected chi connectivity index (χ1v) is 7.48. The molecule has 1 rings (SSSR count). The van der Waals surface area contributed by atoms with Crippen LogP contribution in [0.25, 0.3) is 0 Å². The predicted octanol–water partition coefficient (Wildman–Crippen LogP) is 1.95. The minimum absolute atomic E-state index is 0.0286. The summed E-state index contributed by atoms with van der Waals surface area (Å²) in [4.78, 5) is 21.6. The van der Waals surface area contributed by atoms with Gasteiger partial charge in [-0.2, -0.15) is 0 Å². The summed E-state index contributed by atoms with van der Waals surface area (Å²) >= 11 is 2.08. The van der Waals surface area contributed by atoms with Crippen LogP contribution in [0.15, 0.2) is 18.2 Å². The molecule has 0 atom stereocenters. The second-order valence-corrected chi connectivity index (χ2v) is 5.63. The fraction of sp³-hybridized carbons (Fsp3) is 0.429. The molecule has 0 fully saturated rings. The molecule has 3 N–H and O–H groups in total. The average molecular weight is 391 g/mol. The minimum Gasteiger partial charge on any atom is -0.507 e. The Morgan fingerprint density at radius 1 is 1.15 bits per heavy atom. The zero-order valence-corrected chi connectivity index (χ0v) is 13.2. The molecular formula is C14H18INO4. The molecule has 0 bridgehead atoms. The summed E-state index contributed by atoms with van der Waals surface area (Å²) in [5.41, 5.74) is 1.12. The molecule has 6 heteroatoms. The summed E-state index contributed by atoms with van der Waals surface area (Å²) in [6.07, 6.45) is 1.19. The minimum atomic E-state index is -0.937. The number of carbonyl (C=O) groups is 2. The van der Waals surface area contributed by atoms with Crippen molar-refractivity contribution < 1.29 is 19.8 Å². The topological polar surface area (TPSA) is 86.6 Å². The Bertz CT molecular complexity index is 476. The Labute approximate surface area is 131 Å². The van der Waals surface area contributed by atoms with E-state index in [1.165, 1.54) is 0 Å². The Balaban J connectivity index is 2.14. The van der Waals surface area contributed by atoms with Gasteiger partial charge in [0.15, 0.2) is 0 Å². The van der Waals surface area contributed by atoms with Gasteiger partial charge < -0.3 is 15.5 Å². The summed E-state index contributed by atoms with van der Waals surface area (Å²) in [6, 6.07) is 5.47. The van der Waals surface area contributed by atoms with Gasteiger partial charge in [0.2, 0.25) is 0 Å². The van der Waals surface area contributed by atoms with Gasteiger partial charge >= 0.3 is 5.97 Å². The number of benzene rings is 1. The first-order chi connectivity index (χ1) is 9.49. The van der Waals surface area contributed by atoms with Crippen molar-refractivity contribution in [2.75, 3.05) is 13.1 Å². The second-order valence-electron chi connectivity index (χ2n) is 4.47. The van der Waals surface area contributed by atoms with Gasteiger partial charge in [0.25, 0.3) is 0 Å². The molecule has 0 radical (unpaired) electrons. The van der Waals surface area contributed by atoms with E-state index in [1.807, 2.05) is 12.1 Å². The fourth-order valence-corrected chi connectivity index (χ4v) is 2.24. The average Bonchev–Trinajstić information content (AvgIpc) is 2.40. The van der Waals surface area contributed by atoms with Crippen LogP contribution >= 0.6 is 22.6 Å². The summed E-state index contributed by atoms with van der Waals surface area (Å²) in [5.74, 6) is -0.682. The van der Waals surface area contributed by atoms with Crippen LogP contribution in [-0.2, 0) is 16.0 Å². The number of rotatable bonds is 9. The lowest BCUT2D eigenvalue weighted by molar-refractivity contribution is -0.138. The van der Waals surface area contributed by atoms with Crippen molar-refractivity contribution in [1.29, 1.82) is 0 Å². The molecule has 20 heavy (non-hydrogen) atoms. The van der Waals surface area contributed by atoms with Crippen molar-refractivity contribution >= 4 is 34.3 Å². The van der Waals surface area contributed by atoms with E-state index in [-0.39, 0.29) is 24.4 Å². The van der Waals surface area contributed by atoms with Crippen LogP contribution in [0.1, 0.15) is 24.8 Å². The number of nitrogens with one attached hydrogen (secondary N) is 1. The lowest BCUT2D eigenvalue weighted by atomic mass is 10.1. The van der Waals surface area contributed by atoms with Crippen molar-refractivity contribution in [1.82, 2.24) is 5.32 Å². The number of halogens is 1. The number of carboxylic acid groups (broad SMARTS) is 1. The fourth-order valence-electron chi connectivity index (χ4n) is 1.66. The van der Waals surface area contributed by atoms with Gasteiger partial charge in [0, 0.05) is 19.4 Å². The summed E-state index contributed by atoms with van der Waals surface area (Å²) in [7, 11) is 0. The van der Waals surface area contributed by atoms with Crippen molar-refractivity contribution in [3.05, 3.63) is 27.3 Å². The molecule has 5 nitrogen and oxygen atoms in total. The predicted molar refractivity (Wildman–Crippen MR) is 83.9 cm³/mol. The van der Waals surface area contributed by atoms with Gasteiger partial charge in [-0.05, 0) is 53.3 Å². The molecule has 0 aliphatic carbocycles. The molecule has 0 amide bonds. The number of aliphatic carboxylic acids is 1. The van der Waals surface area contributed by atoms with Crippen LogP contribution < -0.4 is 5.32 Å². The van der Waals surface area contributed by atoms with E-state index in [0.717, 1.165) is 22.1 Å².